The van der Waals surface area contributed by atoms with E-state index in [2.05, 4.69) is 0 Å². The Balaban J connectivity index is 2.20. The number of nitrogens with two attached hydrogens (primary N) is 1. The molecule has 4 N–H and O–H groups in total. The van der Waals surface area contributed by atoms with Crippen LogP contribution < -0.4 is 5.73 Å². The first-order valence-electron chi connectivity index (χ1n) is 6.66. The standard InChI is InChI=1S/C16H18N2O3/c1-2-18(10-11-3-5-13(17)6-4-11)16(21)12-7-14(19)9-15(20)8-12/h3-9,19-20H,2,10,17H2,1H3. The number of anilines is 1. The molecule has 5 nitrogen and oxygen atoms in total. The van der Waals surface area contributed by atoms with Crippen molar-refractivity contribution in [1.82, 2.24) is 4.90 Å². The summed E-state index contributed by atoms with van der Waals surface area (Å²) in [6.45, 7) is 2.82. The molecule has 2 aromatic rings. The lowest BCUT2D eigenvalue weighted by Gasteiger charge is -2.21. The van der Waals surface area contributed by atoms with Crippen molar-refractivity contribution in [2.24, 2.45) is 0 Å². The normalized spacial score (nSPS) is 10.3. The number of nitrogens with zero attached hydrogens (tertiary/aromatic N) is 1. The number of benzene rings is 2. The number of carbonyl (C=O) groups is 1. The van der Waals surface area contributed by atoms with Gasteiger partial charge in [-0.2, -0.15) is 0 Å². The van der Waals surface area contributed by atoms with Gasteiger partial charge in [0.25, 0.3) is 5.91 Å². The Morgan fingerprint density at radius 1 is 1.10 bits per heavy atom. The lowest BCUT2D eigenvalue weighted by molar-refractivity contribution is 0.0751. The first-order chi connectivity index (χ1) is 9.99. The average Bonchev–Trinajstić information content (AvgIpc) is 2.45. The third kappa shape index (κ3) is 3.66. The van der Waals surface area contributed by atoms with E-state index >= 15 is 0 Å². The summed E-state index contributed by atoms with van der Waals surface area (Å²) in [5, 5.41) is 18.9. The summed E-state index contributed by atoms with van der Waals surface area (Å²) >= 11 is 0. The topological polar surface area (TPSA) is 86.8 Å². The van der Waals surface area contributed by atoms with Gasteiger partial charge in [0.05, 0.1) is 0 Å². The highest BCUT2D eigenvalue weighted by molar-refractivity contribution is 5.95. The van der Waals surface area contributed by atoms with Gasteiger partial charge in [0.15, 0.2) is 0 Å². The monoisotopic (exact) mass is 286 g/mol. The zero-order valence-electron chi connectivity index (χ0n) is 11.8. The fourth-order valence-electron chi connectivity index (χ4n) is 2.07. The highest BCUT2D eigenvalue weighted by atomic mass is 16.3. The smallest absolute Gasteiger partial charge is 0.254 e. The second-order valence-electron chi connectivity index (χ2n) is 4.80. The Morgan fingerprint density at radius 3 is 2.19 bits per heavy atom. The molecule has 1 amide bonds. The van der Waals surface area contributed by atoms with Crippen LogP contribution in [0.1, 0.15) is 22.8 Å². The van der Waals surface area contributed by atoms with Gasteiger partial charge in [0, 0.05) is 30.4 Å². The minimum Gasteiger partial charge on any atom is -0.508 e. The molecule has 0 heterocycles. The maximum absolute atomic E-state index is 12.4. The number of phenolic OH excluding ortho intramolecular Hbond substituents is 2. The third-order valence-corrected chi connectivity index (χ3v) is 3.17. The van der Waals surface area contributed by atoms with Crippen LogP contribution in [0.25, 0.3) is 0 Å². The fraction of sp³-hybridized carbons (Fsp3) is 0.188. The molecular weight excluding hydrogens is 268 g/mol. The number of amides is 1. The van der Waals surface area contributed by atoms with Crippen LogP contribution in [0.15, 0.2) is 42.5 Å². The van der Waals surface area contributed by atoms with E-state index in [1.54, 1.807) is 17.0 Å². The number of aromatic hydroxyl groups is 2. The van der Waals surface area contributed by atoms with Crippen LogP contribution in [0.5, 0.6) is 11.5 Å². The zero-order valence-corrected chi connectivity index (χ0v) is 11.8. The predicted octanol–water partition coefficient (Wildman–Crippen LogP) is 2.34. The van der Waals surface area contributed by atoms with Crippen LogP contribution in [0.4, 0.5) is 5.69 Å². The average molecular weight is 286 g/mol. The Labute approximate surface area is 123 Å². The van der Waals surface area contributed by atoms with Gasteiger partial charge >= 0.3 is 0 Å². The minimum absolute atomic E-state index is 0.137. The molecule has 5 heteroatoms. The van der Waals surface area contributed by atoms with Crippen LogP contribution in [0.2, 0.25) is 0 Å². The molecule has 0 aliphatic carbocycles. The van der Waals surface area contributed by atoms with Crippen LogP contribution in [0, 0.1) is 0 Å². The molecule has 0 bridgehead atoms. The molecule has 0 saturated carbocycles. The molecule has 0 unspecified atom stereocenters. The van der Waals surface area contributed by atoms with E-state index in [1.807, 2.05) is 19.1 Å². The summed E-state index contributed by atoms with van der Waals surface area (Å²) in [6, 6.07) is 11.2. The Bertz CT molecular complexity index is 618. The second-order valence-corrected chi connectivity index (χ2v) is 4.80. The molecule has 0 saturated heterocycles. The summed E-state index contributed by atoms with van der Waals surface area (Å²) in [6.07, 6.45) is 0. The lowest BCUT2D eigenvalue weighted by atomic mass is 10.1. The van der Waals surface area contributed by atoms with Crippen LogP contribution >= 0.6 is 0 Å². The fourth-order valence-corrected chi connectivity index (χ4v) is 2.07. The second kappa shape index (κ2) is 6.17. The highest BCUT2D eigenvalue weighted by Gasteiger charge is 2.16. The predicted molar refractivity (Wildman–Crippen MR) is 81.0 cm³/mol. The van der Waals surface area contributed by atoms with Crippen molar-refractivity contribution < 1.29 is 15.0 Å². The molecule has 21 heavy (non-hydrogen) atoms. The van der Waals surface area contributed by atoms with Crippen molar-refractivity contribution in [1.29, 1.82) is 0 Å². The van der Waals surface area contributed by atoms with Crippen molar-refractivity contribution in [3.63, 3.8) is 0 Å². The van der Waals surface area contributed by atoms with E-state index in [1.165, 1.54) is 18.2 Å². The Kier molecular flexibility index (Phi) is 4.33. The highest BCUT2D eigenvalue weighted by Crippen LogP contribution is 2.22. The van der Waals surface area contributed by atoms with Crippen LogP contribution in [0.3, 0.4) is 0 Å². The number of hydrogen-bond donors (Lipinski definition) is 3. The van der Waals surface area contributed by atoms with Gasteiger partial charge in [-0.15, -0.1) is 0 Å². The van der Waals surface area contributed by atoms with Crippen molar-refractivity contribution in [3.8, 4) is 11.5 Å². The maximum atomic E-state index is 12.4. The van der Waals surface area contributed by atoms with Crippen molar-refractivity contribution in [3.05, 3.63) is 53.6 Å². The zero-order chi connectivity index (χ0) is 15.4. The van der Waals surface area contributed by atoms with Crippen molar-refractivity contribution in [2.45, 2.75) is 13.5 Å². The van der Waals surface area contributed by atoms with E-state index in [0.717, 1.165) is 5.56 Å². The molecule has 0 radical (unpaired) electrons. The Morgan fingerprint density at radius 2 is 1.67 bits per heavy atom. The summed E-state index contributed by atoms with van der Waals surface area (Å²) in [5.41, 5.74) is 7.53. The van der Waals surface area contributed by atoms with E-state index in [-0.39, 0.29) is 23.0 Å². The molecule has 0 atom stereocenters. The molecule has 2 aromatic carbocycles. The SMILES string of the molecule is CCN(Cc1ccc(N)cc1)C(=O)c1cc(O)cc(O)c1. The van der Waals surface area contributed by atoms with Crippen molar-refractivity contribution >= 4 is 11.6 Å². The van der Waals surface area contributed by atoms with Crippen LogP contribution in [-0.4, -0.2) is 27.6 Å². The molecule has 0 spiro atoms. The van der Waals surface area contributed by atoms with Gasteiger partial charge in [0.1, 0.15) is 11.5 Å². The number of rotatable bonds is 4. The number of nitrogen functional groups attached to an aromatic ring is 1. The minimum atomic E-state index is -0.250. The molecule has 110 valence electrons. The molecule has 0 aliphatic heterocycles. The summed E-state index contributed by atoms with van der Waals surface area (Å²) in [4.78, 5) is 14.1. The third-order valence-electron chi connectivity index (χ3n) is 3.17. The summed E-state index contributed by atoms with van der Waals surface area (Å²) < 4.78 is 0. The van der Waals surface area contributed by atoms with E-state index in [9.17, 15) is 15.0 Å². The van der Waals surface area contributed by atoms with Gasteiger partial charge in [-0.1, -0.05) is 12.1 Å². The first-order valence-corrected chi connectivity index (χ1v) is 6.66. The molecule has 0 aromatic heterocycles. The first kappa shape index (κ1) is 14.7. The Hall–Kier alpha value is -2.69. The van der Waals surface area contributed by atoms with Gasteiger partial charge in [-0.05, 0) is 36.8 Å². The number of carbonyl (C=O) groups excluding carboxylic acids is 1. The van der Waals surface area contributed by atoms with Crippen molar-refractivity contribution in [2.75, 3.05) is 12.3 Å². The summed E-state index contributed by atoms with van der Waals surface area (Å²) in [7, 11) is 0. The lowest BCUT2D eigenvalue weighted by Crippen LogP contribution is -2.30. The van der Waals surface area contributed by atoms with E-state index in [0.29, 0.717) is 18.8 Å². The summed E-state index contributed by atoms with van der Waals surface area (Å²) in [5.74, 6) is -0.524. The van der Waals surface area contributed by atoms with E-state index in [4.69, 9.17) is 5.73 Å². The largest absolute Gasteiger partial charge is 0.508 e. The van der Waals surface area contributed by atoms with Crippen LogP contribution in [-0.2, 0) is 6.54 Å². The maximum Gasteiger partial charge on any atom is 0.254 e. The van der Waals surface area contributed by atoms with Gasteiger partial charge in [-0.25, -0.2) is 0 Å². The number of phenols is 2. The molecule has 0 aliphatic rings. The number of hydrogen-bond acceptors (Lipinski definition) is 4. The van der Waals surface area contributed by atoms with Gasteiger partial charge < -0.3 is 20.8 Å². The molecular formula is C16H18N2O3. The quantitative estimate of drug-likeness (QED) is 0.753. The molecule has 0 fully saturated rings. The van der Waals surface area contributed by atoms with Gasteiger partial charge in [0.2, 0.25) is 0 Å². The molecule has 2 rings (SSSR count). The van der Waals surface area contributed by atoms with Gasteiger partial charge in [-0.3, -0.25) is 4.79 Å². The van der Waals surface area contributed by atoms with E-state index < -0.39 is 0 Å².